The molecule has 1 aliphatic carbocycles. The Balaban J connectivity index is 2.02. The van der Waals surface area contributed by atoms with E-state index in [4.69, 9.17) is 23.2 Å². The SMILES string of the molecule is Cc1cc(C)c(NC(=O)CN(C)C(=O)[C@@]2(C)CC2(Cl)Cl)c(C)c1. The third-order valence-corrected chi connectivity index (χ3v) is 5.50. The van der Waals surface area contributed by atoms with Gasteiger partial charge in [0.25, 0.3) is 0 Å². The molecule has 2 rings (SSSR count). The maximum absolute atomic E-state index is 12.4. The quantitative estimate of drug-likeness (QED) is 0.838. The molecule has 0 radical (unpaired) electrons. The molecular weight excluding hydrogens is 335 g/mol. The first-order valence-electron chi connectivity index (χ1n) is 7.49. The van der Waals surface area contributed by atoms with E-state index in [1.165, 1.54) is 4.90 Å². The zero-order valence-corrected chi connectivity index (χ0v) is 15.6. The number of rotatable bonds is 4. The summed E-state index contributed by atoms with van der Waals surface area (Å²) in [6.45, 7) is 7.60. The van der Waals surface area contributed by atoms with Crippen LogP contribution in [-0.2, 0) is 9.59 Å². The molecule has 126 valence electrons. The lowest BCUT2D eigenvalue weighted by atomic mass is 10.1. The van der Waals surface area contributed by atoms with Crippen LogP contribution in [0.4, 0.5) is 5.69 Å². The number of alkyl halides is 2. The van der Waals surface area contributed by atoms with Gasteiger partial charge in [-0.2, -0.15) is 0 Å². The molecule has 0 aromatic heterocycles. The number of hydrogen-bond acceptors (Lipinski definition) is 2. The van der Waals surface area contributed by atoms with Crippen LogP contribution in [-0.4, -0.2) is 34.6 Å². The molecule has 0 bridgehead atoms. The van der Waals surface area contributed by atoms with E-state index in [0.29, 0.717) is 6.42 Å². The predicted octanol–water partition coefficient (Wildman–Crippen LogP) is 3.59. The number of halogens is 2. The van der Waals surface area contributed by atoms with Gasteiger partial charge in [-0.15, -0.1) is 23.2 Å². The minimum atomic E-state index is -1.03. The normalized spacial score (nSPS) is 21.7. The second kappa shape index (κ2) is 5.99. The van der Waals surface area contributed by atoms with Crippen LogP contribution in [0.5, 0.6) is 0 Å². The minimum absolute atomic E-state index is 0.0367. The van der Waals surface area contributed by atoms with Gasteiger partial charge < -0.3 is 10.2 Å². The van der Waals surface area contributed by atoms with Gasteiger partial charge in [-0.1, -0.05) is 17.7 Å². The number of aryl methyl sites for hydroxylation is 3. The number of nitrogens with zero attached hydrogens (tertiary/aromatic N) is 1. The lowest BCUT2D eigenvalue weighted by Gasteiger charge is -2.22. The first-order chi connectivity index (χ1) is 10.5. The number of hydrogen-bond donors (Lipinski definition) is 1. The van der Waals surface area contributed by atoms with Crippen molar-refractivity contribution in [1.82, 2.24) is 4.90 Å². The summed E-state index contributed by atoms with van der Waals surface area (Å²) < 4.78 is -1.03. The molecule has 4 nitrogen and oxygen atoms in total. The number of carbonyl (C=O) groups is 2. The van der Waals surface area contributed by atoms with Crippen molar-refractivity contribution in [2.45, 2.75) is 38.4 Å². The summed E-state index contributed by atoms with van der Waals surface area (Å²) in [5, 5.41) is 2.89. The van der Waals surface area contributed by atoms with Crippen LogP contribution >= 0.6 is 23.2 Å². The van der Waals surface area contributed by atoms with E-state index in [9.17, 15) is 9.59 Å². The molecular formula is C17H22Cl2N2O2. The molecule has 0 heterocycles. The van der Waals surface area contributed by atoms with Crippen molar-refractivity contribution in [2.75, 3.05) is 18.9 Å². The van der Waals surface area contributed by atoms with Gasteiger partial charge in [0.1, 0.15) is 4.33 Å². The van der Waals surface area contributed by atoms with Gasteiger partial charge in [-0.05, 0) is 45.2 Å². The third kappa shape index (κ3) is 3.48. The summed E-state index contributed by atoms with van der Waals surface area (Å²) in [5.74, 6) is -0.454. The van der Waals surface area contributed by atoms with Crippen LogP contribution in [0, 0.1) is 26.2 Å². The monoisotopic (exact) mass is 356 g/mol. The van der Waals surface area contributed by atoms with Crippen molar-refractivity contribution in [3.8, 4) is 0 Å². The lowest BCUT2D eigenvalue weighted by molar-refractivity contribution is -0.137. The molecule has 1 N–H and O–H groups in total. The van der Waals surface area contributed by atoms with E-state index in [-0.39, 0.29) is 18.4 Å². The molecule has 0 unspecified atom stereocenters. The second-order valence-corrected chi connectivity index (χ2v) is 8.18. The average molecular weight is 357 g/mol. The molecule has 6 heteroatoms. The van der Waals surface area contributed by atoms with Gasteiger partial charge in [0.05, 0.1) is 12.0 Å². The highest BCUT2D eigenvalue weighted by Crippen LogP contribution is 2.64. The molecule has 1 aromatic rings. The van der Waals surface area contributed by atoms with E-state index in [1.807, 2.05) is 32.9 Å². The summed E-state index contributed by atoms with van der Waals surface area (Å²) in [4.78, 5) is 26.0. The summed E-state index contributed by atoms with van der Waals surface area (Å²) in [5.41, 5.74) is 3.13. The Kier molecular flexibility index (Phi) is 4.71. The van der Waals surface area contributed by atoms with E-state index in [2.05, 4.69) is 5.32 Å². The number of anilines is 1. The number of benzene rings is 1. The molecule has 1 aromatic carbocycles. The Morgan fingerprint density at radius 1 is 1.22 bits per heavy atom. The van der Waals surface area contributed by atoms with Crippen LogP contribution in [0.3, 0.4) is 0 Å². The fourth-order valence-electron chi connectivity index (χ4n) is 2.90. The van der Waals surface area contributed by atoms with Crippen LogP contribution < -0.4 is 5.32 Å². The fourth-order valence-corrected chi connectivity index (χ4v) is 3.59. The fraction of sp³-hybridized carbons (Fsp3) is 0.529. The summed E-state index contributed by atoms with van der Waals surface area (Å²) >= 11 is 12.1. The van der Waals surface area contributed by atoms with Crippen molar-refractivity contribution in [3.63, 3.8) is 0 Å². The highest BCUT2D eigenvalue weighted by atomic mass is 35.5. The maximum atomic E-state index is 12.4. The van der Waals surface area contributed by atoms with Crippen molar-refractivity contribution in [1.29, 1.82) is 0 Å². The number of carbonyl (C=O) groups excluding carboxylic acids is 2. The van der Waals surface area contributed by atoms with Gasteiger partial charge >= 0.3 is 0 Å². The van der Waals surface area contributed by atoms with Crippen molar-refractivity contribution >= 4 is 40.7 Å². The Bertz CT molecular complexity index is 650. The largest absolute Gasteiger partial charge is 0.336 e. The van der Waals surface area contributed by atoms with Gasteiger partial charge in [0.15, 0.2) is 0 Å². The Labute approximate surface area is 147 Å². The van der Waals surface area contributed by atoms with Gasteiger partial charge in [0.2, 0.25) is 11.8 Å². The standard InChI is InChI=1S/C17H22Cl2N2O2/c1-10-6-11(2)14(12(3)7-10)20-13(22)8-21(5)15(23)16(4)9-17(16,18)19/h6-7H,8-9H2,1-5H3,(H,20,22)/t16-/m1/s1. The first-order valence-corrected chi connectivity index (χ1v) is 8.24. The van der Waals surface area contributed by atoms with Crippen molar-refractivity contribution in [2.24, 2.45) is 5.41 Å². The summed E-state index contributed by atoms with van der Waals surface area (Å²) in [7, 11) is 1.59. The first kappa shape index (κ1) is 18.1. The smallest absolute Gasteiger partial charge is 0.243 e. The van der Waals surface area contributed by atoms with Gasteiger partial charge in [-0.3, -0.25) is 9.59 Å². The number of nitrogens with one attached hydrogen (secondary N) is 1. The highest BCUT2D eigenvalue weighted by molar-refractivity contribution is 6.53. The summed E-state index contributed by atoms with van der Waals surface area (Å²) in [6, 6.07) is 4.02. The number of likely N-dealkylation sites (N-methyl/N-ethyl adjacent to an activating group) is 1. The van der Waals surface area contributed by atoms with E-state index >= 15 is 0 Å². The maximum Gasteiger partial charge on any atom is 0.243 e. The number of amides is 2. The van der Waals surface area contributed by atoms with Crippen LogP contribution in [0.1, 0.15) is 30.0 Å². The molecule has 1 saturated carbocycles. The molecule has 1 atom stereocenters. The zero-order chi connectivity index (χ0) is 17.6. The molecule has 2 amide bonds. The van der Waals surface area contributed by atoms with E-state index in [0.717, 1.165) is 22.4 Å². The Morgan fingerprint density at radius 3 is 2.13 bits per heavy atom. The molecule has 0 spiro atoms. The minimum Gasteiger partial charge on any atom is -0.336 e. The zero-order valence-electron chi connectivity index (χ0n) is 14.1. The van der Waals surface area contributed by atoms with Crippen molar-refractivity contribution < 1.29 is 9.59 Å². The molecule has 1 aliphatic rings. The average Bonchev–Trinajstić information content (AvgIpc) is 2.93. The van der Waals surface area contributed by atoms with E-state index in [1.54, 1.807) is 14.0 Å². The Hall–Kier alpha value is -1.26. The topological polar surface area (TPSA) is 49.4 Å². The Morgan fingerprint density at radius 2 is 1.70 bits per heavy atom. The second-order valence-electron chi connectivity index (χ2n) is 6.70. The molecule has 1 fully saturated rings. The van der Waals surface area contributed by atoms with Crippen molar-refractivity contribution in [3.05, 3.63) is 28.8 Å². The van der Waals surface area contributed by atoms with E-state index < -0.39 is 9.75 Å². The van der Waals surface area contributed by atoms with Crippen LogP contribution in [0.25, 0.3) is 0 Å². The van der Waals surface area contributed by atoms with Crippen LogP contribution in [0.2, 0.25) is 0 Å². The van der Waals surface area contributed by atoms with Crippen LogP contribution in [0.15, 0.2) is 12.1 Å². The summed E-state index contributed by atoms with van der Waals surface area (Å²) in [6.07, 6.45) is 0.407. The third-order valence-electron chi connectivity index (χ3n) is 4.40. The van der Waals surface area contributed by atoms with Gasteiger partial charge in [-0.25, -0.2) is 0 Å². The predicted molar refractivity (Wildman–Crippen MR) is 94.1 cm³/mol. The highest BCUT2D eigenvalue weighted by Gasteiger charge is 2.68. The lowest BCUT2D eigenvalue weighted by Crippen LogP contribution is -2.40. The molecule has 23 heavy (non-hydrogen) atoms. The van der Waals surface area contributed by atoms with Gasteiger partial charge in [0, 0.05) is 12.7 Å². The molecule has 0 aliphatic heterocycles. The molecule has 0 saturated heterocycles.